The van der Waals surface area contributed by atoms with Crippen molar-refractivity contribution in [1.29, 1.82) is 5.26 Å². The molecule has 0 aliphatic rings. The number of hydrogen-bond acceptors (Lipinski definition) is 4. The molecule has 0 spiro atoms. The highest BCUT2D eigenvalue weighted by molar-refractivity contribution is 7.18. The van der Waals surface area contributed by atoms with E-state index in [1.54, 1.807) is 24.3 Å². The van der Waals surface area contributed by atoms with Crippen LogP contribution in [0, 0.1) is 17.1 Å². The first-order chi connectivity index (χ1) is 11.1. The summed E-state index contributed by atoms with van der Waals surface area (Å²) in [5, 5.41) is 12.6. The highest BCUT2D eigenvalue weighted by Crippen LogP contribution is 2.30. The summed E-state index contributed by atoms with van der Waals surface area (Å²) in [6, 6.07) is 12.9. The summed E-state index contributed by atoms with van der Waals surface area (Å²) in [7, 11) is 0. The number of benzene rings is 2. The van der Waals surface area contributed by atoms with E-state index in [-0.39, 0.29) is 5.69 Å². The highest BCUT2D eigenvalue weighted by Gasteiger charge is 2.25. The molecule has 0 unspecified atom stereocenters. The lowest BCUT2D eigenvalue weighted by atomic mass is 10.1. The number of aromatic nitrogens is 1. The molecule has 0 bridgehead atoms. The van der Waals surface area contributed by atoms with Crippen molar-refractivity contribution in [2.45, 2.75) is 5.92 Å². The zero-order valence-corrected chi connectivity index (χ0v) is 13.2. The second-order valence-electron chi connectivity index (χ2n) is 4.70. The molecule has 1 N–H and O–H groups in total. The fourth-order valence-electron chi connectivity index (χ4n) is 2.04. The van der Waals surface area contributed by atoms with Crippen LogP contribution in [0.3, 0.4) is 0 Å². The number of para-hydroxylation sites is 1. The number of fused-ring (bicyclic) bond motifs is 1. The topological polar surface area (TPSA) is 65.8 Å². The lowest BCUT2D eigenvalue weighted by Crippen LogP contribution is -2.20. The second kappa shape index (κ2) is 6.32. The minimum Gasteiger partial charge on any atom is -0.322 e. The van der Waals surface area contributed by atoms with Gasteiger partial charge in [-0.05, 0) is 30.3 Å². The van der Waals surface area contributed by atoms with Crippen LogP contribution >= 0.6 is 22.9 Å². The van der Waals surface area contributed by atoms with E-state index in [1.807, 2.05) is 6.07 Å². The van der Waals surface area contributed by atoms with Gasteiger partial charge in [-0.15, -0.1) is 11.3 Å². The van der Waals surface area contributed by atoms with Crippen LogP contribution < -0.4 is 5.32 Å². The van der Waals surface area contributed by atoms with Gasteiger partial charge in [-0.25, -0.2) is 9.37 Å². The molecule has 1 heterocycles. The minimum absolute atomic E-state index is 0.0295. The molecule has 0 saturated heterocycles. The van der Waals surface area contributed by atoms with Gasteiger partial charge in [0.1, 0.15) is 10.8 Å². The van der Waals surface area contributed by atoms with E-state index in [2.05, 4.69) is 10.3 Å². The molecule has 3 aromatic rings. The molecule has 114 valence electrons. The average Bonchev–Trinajstić information content (AvgIpc) is 2.93. The lowest BCUT2D eigenvalue weighted by molar-refractivity contribution is -0.116. The number of anilines is 1. The Bertz CT molecular complexity index is 934. The Hall–Kier alpha value is -2.49. The summed E-state index contributed by atoms with van der Waals surface area (Å²) in [5.41, 5.74) is 0.651. The number of nitriles is 1. The van der Waals surface area contributed by atoms with E-state index in [0.29, 0.717) is 15.5 Å². The molecule has 4 nitrogen and oxygen atoms in total. The van der Waals surface area contributed by atoms with Crippen molar-refractivity contribution in [3.8, 4) is 6.07 Å². The molecule has 0 fully saturated rings. The lowest BCUT2D eigenvalue weighted by Gasteiger charge is -2.08. The second-order valence-corrected chi connectivity index (χ2v) is 6.19. The maximum Gasteiger partial charge on any atom is 0.248 e. The Labute approximate surface area is 140 Å². The van der Waals surface area contributed by atoms with E-state index in [9.17, 15) is 14.4 Å². The van der Waals surface area contributed by atoms with Gasteiger partial charge in [0.25, 0.3) is 0 Å². The molecule has 1 aromatic heterocycles. The fourth-order valence-corrected chi connectivity index (χ4v) is 3.19. The zero-order chi connectivity index (χ0) is 16.4. The number of rotatable bonds is 3. The molecular formula is C16H9ClFN3OS. The third-order valence-corrected chi connectivity index (χ3v) is 4.47. The van der Waals surface area contributed by atoms with E-state index in [0.717, 1.165) is 4.70 Å². The molecule has 0 aliphatic carbocycles. The van der Waals surface area contributed by atoms with Crippen molar-refractivity contribution in [1.82, 2.24) is 4.98 Å². The smallest absolute Gasteiger partial charge is 0.248 e. The molecule has 1 amide bonds. The molecular weight excluding hydrogens is 337 g/mol. The predicted octanol–water partition coefficient (Wildman–Crippen LogP) is 4.33. The van der Waals surface area contributed by atoms with Gasteiger partial charge in [0.05, 0.1) is 22.0 Å². The Morgan fingerprint density at radius 2 is 2.13 bits per heavy atom. The van der Waals surface area contributed by atoms with Gasteiger partial charge in [0, 0.05) is 5.02 Å². The van der Waals surface area contributed by atoms with Crippen LogP contribution in [0.2, 0.25) is 5.02 Å². The van der Waals surface area contributed by atoms with Crippen molar-refractivity contribution >= 4 is 44.7 Å². The Morgan fingerprint density at radius 1 is 1.35 bits per heavy atom. The van der Waals surface area contributed by atoms with E-state index >= 15 is 0 Å². The van der Waals surface area contributed by atoms with Gasteiger partial charge < -0.3 is 5.32 Å². The van der Waals surface area contributed by atoms with Crippen LogP contribution in [-0.4, -0.2) is 10.9 Å². The predicted molar refractivity (Wildman–Crippen MR) is 88.0 cm³/mol. The van der Waals surface area contributed by atoms with Crippen LogP contribution in [0.1, 0.15) is 10.9 Å². The van der Waals surface area contributed by atoms with Crippen LogP contribution in [0.15, 0.2) is 42.5 Å². The summed E-state index contributed by atoms with van der Waals surface area (Å²) in [6.45, 7) is 0. The molecule has 23 heavy (non-hydrogen) atoms. The minimum atomic E-state index is -1.12. The van der Waals surface area contributed by atoms with Gasteiger partial charge in [-0.1, -0.05) is 23.7 Å². The van der Waals surface area contributed by atoms with Crippen molar-refractivity contribution in [3.05, 3.63) is 58.3 Å². The molecule has 0 radical (unpaired) electrons. The number of hydrogen-bond donors (Lipinski definition) is 1. The van der Waals surface area contributed by atoms with Gasteiger partial charge in [-0.2, -0.15) is 5.26 Å². The van der Waals surface area contributed by atoms with Gasteiger partial charge in [0.2, 0.25) is 5.91 Å². The average molecular weight is 346 g/mol. The quantitative estimate of drug-likeness (QED) is 0.768. The van der Waals surface area contributed by atoms with Crippen LogP contribution in [0.4, 0.5) is 10.1 Å². The number of amides is 1. The summed E-state index contributed by atoms with van der Waals surface area (Å²) < 4.78 is 14.4. The Balaban J connectivity index is 1.90. The molecule has 0 saturated carbocycles. The molecule has 2 aromatic carbocycles. The summed E-state index contributed by atoms with van der Waals surface area (Å²) in [6.07, 6.45) is 0. The number of carbonyl (C=O) groups is 1. The number of thiazole rings is 1. The number of nitrogens with one attached hydrogen (secondary N) is 1. The van der Waals surface area contributed by atoms with E-state index < -0.39 is 17.6 Å². The number of halogens is 2. The van der Waals surface area contributed by atoms with Crippen LogP contribution in [0.25, 0.3) is 10.2 Å². The molecule has 1 atom stereocenters. The van der Waals surface area contributed by atoms with Gasteiger partial charge in [0.15, 0.2) is 5.92 Å². The van der Waals surface area contributed by atoms with Crippen LogP contribution in [0.5, 0.6) is 0 Å². The first kappa shape index (κ1) is 15.4. The highest BCUT2D eigenvalue weighted by atomic mass is 35.5. The maximum absolute atomic E-state index is 13.6. The van der Waals surface area contributed by atoms with Crippen molar-refractivity contribution in [2.24, 2.45) is 0 Å². The Morgan fingerprint density at radius 3 is 2.87 bits per heavy atom. The van der Waals surface area contributed by atoms with Crippen molar-refractivity contribution in [2.75, 3.05) is 5.32 Å². The summed E-state index contributed by atoms with van der Waals surface area (Å²) in [5.74, 6) is -2.30. The summed E-state index contributed by atoms with van der Waals surface area (Å²) >= 11 is 7.14. The first-order valence-corrected chi connectivity index (χ1v) is 7.79. The maximum atomic E-state index is 13.6. The normalized spacial score (nSPS) is 11.9. The van der Waals surface area contributed by atoms with E-state index in [1.165, 1.54) is 29.5 Å². The van der Waals surface area contributed by atoms with Gasteiger partial charge in [-0.3, -0.25) is 4.79 Å². The monoisotopic (exact) mass is 345 g/mol. The molecule has 7 heteroatoms. The third-order valence-electron chi connectivity index (χ3n) is 3.14. The number of nitrogens with zero attached hydrogens (tertiary/aromatic N) is 2. The van der Waals surface area contributed by atoms with Gasteiger partial charge >= 0.3 is 0 Å². The summed E-state index contributed by atoms with van der Waals surface area (Å²) in [4.78, 5) is 16.6. The zero-order valence-electron chi connectivity index (χ0n) is 11.6. The van der Waals surface area contributed by atoms with Crippen molar-refractivity contribution < 1.29 is 9.18 Å². The fraction of sp³-hybridized carbons (Fsp3) is 0.0625. The SMILES string of the molecule is N#C[C@@H](C(=O)Nc1ccccc1F)c1nc2cc(Cl)ccc2s1. The van der Waals surface area contributed by atoms with E-state index in [4.69, 9.17) is 11.6 Å². The number of carbonyl (C=O) groups excluding carboxylic acids is 1. The largest absolute Gasteiger partial charge is 0.322 e. The standard InChI is InChI=1S/C16H9ClFN3OS/c17-9-5-6-14-13(7-9)21-16(23-14)10(8-19)15(22)20-12-4-2-1-3-11(12)18/h1-7,10H,(H,20,22)/t10-/m0/s1. The van der Waals surface area contributed by atoms with Crippen molar-refractivity contribution in [3.63, 3.8) is 0 Å². The van der Waals surface area contributed by atoms with Crippen LogP contribution in [-0.2, 0) is 4.79 Å². The Kier molecular flexibility index (Phi) is 4.24. The molecule has 0 aliphatic heterocycles. The molecule has 3 rings (SSSR count). The first-order valence-electron chi connectivity index (χ1n) is 6.59. The third kappa shape index (κ3) is 3.16.